The van der Waals surface area contributed by atoms with Crippen molar-refractivity contribution >= 4 is 17.2 Å². The lowest BCUT2D eigenvalue weighted by Gasteiger charge is -2.45. The van der Waals surface area contributed by atoms with Crippen molar-refractivity contribution in [2.45, 2.75) is 51.2 Å². The third-order valence-corrected chi connectivity index (χ3v) is 8.53. The smallest absolute Gasteiger partial charge is 0.128 e. The van der Waals surface area contributed by atoms with Crippen LogP contribution in [0.5, 0.6) is 5.75 Å². The van der Waals surface area contributed by atoms with Gasteiger partial charge in [-0.25, -0.2) is 0 Å². The summed E-state index contributed by atoms with van der Waals surface area (Å²) in [6.45, 7) is 9.70. The van der Waals surface area contributed by atoms with Crippen LogP contribution in [-0.2, 0) is 11.2 Å². The van der Waals surface area contributed by atoms with Crippen LogP contribution in [0.25, 0.3) is 5.57 Å². The second-order valence-electron chi connectivity index (χ2n) is 11.2. The Morgan fingerprint density at radius 3 is 2.74 bits per heavy atom. The Morgan fingerprint density at radius 2 is 2.00 bits per heavy atom. The molecule has 0 saturated carbocycles. The molecule has 0 radical (unpaired) electrons. The van der Waals surface area contributed by atoms with Crippen LogP contribution < -0.4 is 10.1 Å². The number of halogens is 1. The van der Waals surface area contributed by atoms with E-state index in [1.54, 1.807) is 0 Å². The number of rotatable bonds is 6. The Bertz CT molecular complexity index is 1260. The Kier molecular flexibility index (Phi) is 7.74. The van der Waals surface area contributed by atoms with Gasteiger partial charge in [0.2, 0.25) is 0 Å². The molecule has 1 saturated heterocycles. The number of piperidine rings is 1. The molecule has 3 aliphatic heterocycles. The molecule has 6 heteroatoms. The second kappa shape index (κ2) is 10.9. The summed E-state index contributed by atoms with van der Waals surface area (Å²) in [6, 6.07) is 13.7. The molecular weight excluding hydrogens is 496 g/mol. The van der Waals surface area contributed by atoms with E-state index in [9.17, 15) is 10.2 Å². The van der Waals surface area contributed by atoms with E-state index in [1.807, 2.05) is 50.2 Å². The lowest BCUT2D eigenvalue weighted by molar-refractivity contribution is -0.0789. The molecule has 0 amide bonds. The first-order valence-corrected chi connectivity index (χ1v) is 14.1. The van der Waals surface area contributed by atoms with Crippen LogP contribution in [0.4, 0.5) is 0 Å². The average Bonchev–Trinajstić information content (AvgIpc) is 3.06. The average molecular weight is 535 g/mol. The quantitative estimate of drug-likeness (QED) is 0.439. The van der Waals surface area contributed by atoms with Crippen LogP contribution in [0.1, 0.15) is 56.7 Å². The standard InChI is InChI=1S/C32H39ClN2O3/c1-4-22-20-35(18-15-32(22,37)23-9-12-25(33)13-10-23)17-6-8-26-27-7-5-16-34-29(27)21-38-30-14-11-24(19-28(26)30)31(2,3)36/h5,7-14,19,22,34,36-37H,4,6,15-18,20-21H2,1-3H3/b26-8+. The van der Waals surface area contributed by atoms with Gasteiger partial charge < -0.3 is 25.2 Å². The van der Waals surface area contributed by atoms with Gasteiger partial charge in [-0.15, -0.1) is 0 Å². The molecule has 3 heterocycles. The molecular formula is C32H39ClN2O3. The fourth-order valence-electron chi connectivity index (χ4n) is 5.96. The van der Waals surface area contributed by atoms with Crippen LogP contribution in [0.2, 0.25) is 5.02 Å². The fourth-order valence-corrected chi connectivity index (χ4v) is 6.09. The molecule has 0 aliphatic carbocycles. The molecule has 0 spiro atoms. The number of likely N-dealkylation sites (tertiary alicyclic amines) is 1. The van der Waals surface area contributed by atoms with Gasteiger partial charge in [-0.2, -0.15) is 0 Å². The van der Waals surface area contributed by atoms with Crippen LogP contribution >= 0.6 is 11.6 Å². The lowest BCUT2D eigenvalue weighted by atomic mass is 9.74. The van der Waals surface area contributed by atoms with Crippen molar-refractivity contribution in [2.75, 3.05) is 32.8 Å². The van der Waals surface area contributed by atoms with E-state index in [0.29, 0.717) is 18.1 Å². The van der Waals surface area contributed by atoms with E-state index in [4.69, 9.17) is 16.3 Å². The highest BCUT2D eigenvalue weighted by Crippen LogP contribution is 2.41. The first-order chi connectivity index (χ1) is 18.2. The third-order valence-electron chi connectivity index (χ3n) is 8.28. The Labute approximate surface area is 231 Å². The van der Waals surface area contributed by atoms with E-state index in [2.05, 4.69) is 41.4 Å². The summed E-state index contributed by atoms with van der Waals surface area (Å²) in [5.74, 6) is 0.997. The van der Waals surface area contributed by atoms with Gasteiger partial charge in [-0.1, -0.05) is 55.0 Å². The van der Waals surface area contributed by atoms with E-state index in [-0.39, 0.29) is 5.92 Å². The molecule has 5 nitrogen and oxygen atoms in total. The SMILES string of the molecule is CCC1CN(CC/C=C2\C3=C(COc4ccc(C(C)(C)O)cc42)NCC=C3)CCC1(O)c1ccc(Cl)cc1. The highest BCUT2D eigenvalue weighted by Gasteiger charge is 2.41. The molecule has 0 bridgehead atoms. The summed E-state index contributed by atoms with van der Waals surface area (Å²) in [6.07, 6.45) is 9.14. The van der Waals surface area contributed by atoms with Crippen LogP contribution in [0.3, 0.4) is 0 Å². The van der Waals surface area contributed by atoms with Crippen molar-refractivity contribution in [1.82, 2.24) is 10.2 Å². The summed E-state index contributed by atoms with van der Waals surface area (Å²) < 4.78 is 6.19. The number of hydrogen-bond acceptors (Lipinski definition) is 5. The normalized spacial score (nSPS) is 24.9. The maximum absolute atomic E-state index is 11.7. The van der Waals surface area contributed by atoms with Crippen molar-refractivity contribution in [1.29, 1.82) is 0 Å². The topological polar surface area (TPSA) is 65.0 Å². The molecule has 2 atom stereocenters. The van der Waals surface area contributed by atoms with Crippen LogP contribution in [0.15, 0.2) is 72.0 Å². The van der Waals surface area contributed by atoms with Crippen molar-refractivity contribution in [3.63, 3.8) is 0 Å². The summed E-state index contributed by atoms with van der Waals surface area (Å²) >= 11 is 6.10. The minimum atomic E-state index is -0.936. The zero-order chi connectivity index (χ0) is 26.9. The molecule has 38 heavy (non-hydrogen) atoms. The molecule has 2 aromatic rings. The number of aliphatic hydroxyl groups is 2. The highest BCUT2D eigenvalue weighted by molar-refractivity contribution is 6.30. The van der Waals surface area contributed by atoms with Crippen molar-refractivity contribution in [3.8, 4) is 5.75 Å². The largest absolute Gasteiger partial charge is 0.487 e. The van der Waals surface area contributed by atoms with E-state index in [1.165, 1.54) is 0 Å². The minimum Gasteiger partial charge on any atom is -0.487 e. The molecule has 0 aromatic heterocycles. The van der Waals surface area contributed by atoms with Gasteiger partial charge >= 0.3 is 0 Å². The first kappa shape index (κ1) is 27.0. The summed E-state index contributed by atoms with van der Waals surface area (Å²) in [5, 5.41) is 26.5. The maximum Gasteiger partial charge on any atom is 0.128 e. The zero-order valence-corrected chi connectivity index (χ0v) is 23.4. The van der Waals surface area contributed by atoms with Crippen LogP contribution in [0, 0.1) is 5.92 Å². The Hall–Kier alpha value is -2.57. The van der Waals surface area contributed by atoms with Crippen molar-refractivity contribution in [3.05, 3.63) is 93.7 Å². The maximum atomic E-state index is 11.7. The second-order valence-corrected chi connectivity index (χ2v) is 11.7. The minimum absolute atomic E-state index is 0.159. The molecule has 2 unspecified atom stereocenters. The predicted octanol–water partition coefficient (Wildman–Crippen LogP) is 5.77. The predicted molar refractivity (Wildman–Crippen MR) is 154 cm³/mol. The number of ether oxygens (including phenoxy) is 1. The summed E-state index contributed by atoms with van der Waals surface area (Å²) in [7, 11) is 0. The van der Waals surface area contributed by atoms with Crippen LogP contribution in [-0.4, -0.2) is 47.9 Å². The first-order valence-electron chi connectivity index (χ1n) is 13.7. The number of nitrogens with zero attached hydrogens (tertiary/aromatic N) is 1. The molecule has 2 aromatic carbocycles. The Balaban J connectivity index is 1.37. The zero-order valence-electron chi connectivity index (χ0n) is 22.6. The number of dihydropyridines is 1. The van der Waals surface area contributed by atoms with Gasteiger partial charge in [0.1, 0.15) is 12.4 Å². The number of fused-ring (bicyclic) bond motifs is 1. The van der Waals surface area contributed by atoms with E-state index >= 15 is 0 Å². The van der Waals surface area contributed by atoms with Gasteiger partial charge in [-0.3, -0.25) is 0 Å². The number of benzene rings is 2. The lowest BCUT2D eigenvalue weighted by Crippen LogP contribution is -2.50. The van der Waals surface area contributed by atoms with Gasteiger partial charge in [0.15, 0.2) is 0 Å². The number of nitrogens with one attached hydrogen (secondary N) is 1. The van der Waals surface area contributed by atoms with E-state index in [0.717, 1.165) is 78.3 Å². The third kappa shape index (κ3) is 5.43. The van der Waals surface area contributed by atoms with Crippen molar-refractivity contribution < 1.29 is 14.9 Å². The molecule has 3 N–H and O–H groups in total. The fraction of sp³-hybridized carbons (Fsp3) is 0.438. The highest BCUT2D eigenvalue weighted by atomic mass is 35.5. The van der Waals surface area contributed by atoms with Gasteiger partial charge in [0, 0.05) is 48.3 Å². The molecule has 1 fully saturated rings. The Morgan fingerprint density at radius 1 is 1.21 bits per heavy atom. The van der Waals surface area contributed by atoms with Gasteiger partial charge in [0.25, 0.3) is 0 Å². The summed E-state index contributed by atoms with van der Waals surface area (Å²) in [5.41, 5.74) is 4.48. The summed E-state index contributed by atoms with van der Waals surface area (Å²) in [4.78, 5) is 2.47. The number of hydrogen-bond donors (Lipinski definition) is 3. The molecule has 202 valence electrons. The molecule has 3 aliphatic rings. The molecule has 5 rings (SSSR count). The van der Waals surface area contributed by atoms with Gasteiger partial charge in [-0.05, 0) is 74.1 Å². The number of allylic oxidation sites excluding steroid dienone is 3. The van der Waals surface area contributed by atoms with Crippen molar-refractivity contribution in [2.24, 2.45) is 5.92 Å². The van der Waals surface area contributed by atoms with Gasteiger partial charge in [0.05, 0.1) is 16.9 Å². The monoisotopic (exact) mass is 534 g/mol. The van der Waals surface area contributed by atoms with E-state index < -0.39 is 11.2 Å².